The fraction of sp³-hybridized carbons (Fsp3) is 0.692. The van der Waals surface area contributed by atoms with E-state index in [1.807, 2.05) is 6.92 Å². The van der Waals surface area contributed by atoms with Crippen molar-refractivity contribution in [2.24, 2.45) is 5.92 Å². The van der Waals surface area contributed by atoms with Gasteiger partial charge in [0.2, 0.25) is 0 Å². The van der Waals surface area contributed by atoms with E-state index in [1.54, 1.807) is 6.07 Å². The van der Waals surface area contributed by atoms with Gasteiger partial charge in [0.1, 0.15) is 17.5 Å². The topological polar surface area (TPSA) is 84.1 Å². The highest BCUT2D eigenvalue weighted by Crippen LogP contribution is 2.10. The highest BCUT2D eigenvalue weighted by atomic mass is 16.3. The van der Waals surface area contributed by atoms with Crippen molar-refractivity contribution in [3.8, 4) is 0 Å². The summed E-state index contributed by atoms with van der Waals surface area (Å²) < 4.78 is 0. The molecule has 1 unspecified atom stereocenters. The van der Waals surface area contributed by atoms with Gasteiger partial charge in [0, 0.05) is 25.6 Å². The van der Waals surface area contributed by atoms with Crippen molar-refractivity contribution < 1.29 is 5.11 Å². The molecule has 102 valence electrons. The van der Waals surface area contributed by atoms with E-state index in [0.717, 1.165) is 43.9 Å². The van der Waals surface area contributed by atoms with Gasteiger partial charge in [-0.05, 0) is 25.2 Å². The molecule has 5 nitrogen and oxygen atoms in total. The SMILES string of the molecule is CCCc1nc(N)cc(NCCCC(C)CO)n1. The van der Waals surface area contributed by atoms with Gasteiger partial charge in [0.25, 0.3) is 0 Å². The molecule has 0 saturated carbocycles. The van der Waals surface area contributed by atoms with Crippen LogP contribution >= 0.6 is 0 Å². The first kappa shape index (κ1) is 14.7. The molecule has 1 aromatic heterocycles. The minimum atomic E-state index is 0.251. The van der Waals surface area contributed by atoms with Gasteiger partial charge < -0.3 is 16.2 Å². The maximum absolute atomic E-state index is 8.93. The molecule has 1 heterocycles. The zero-order chi connectivity index (χ0) is 13.4. The van der Waals surface area contributed by atoms with Crippen molar-refractivity contribution in [3.63, 3.8) is 0 Å². The van der Waals surface area contributed by atoms with E-state index in [1.165, 1.54) is 0 Å². The molecule has 0 fully saturated rings. The molecule has 0 aliphatic rings. The minimum absolute atomic E-state index is 0.251. The van der Waals surface area contributed by atoms with E-state index >= 15 is 0 Å². The lowest BCUT2D eigenvalue weighted by atomic mass is 10.1. The van der Waals surface area contributed by atoms with Crippen molar-refractivity contribution in [3.05, 3.63) is 11.9 Å². The average molecular weight is 252 g/mol. The Labute approximate surface area is 109 Å². The number of aliphatic hydroxyl groups is 1. The van der Waals surface area contributed by atoms with Gasteiger partial charge >= 0.3 is 0 Å². The quantitative estimate of drug-likeness (QED) is 0.615. The lowest BCUT2D eigenvalue weighted by Gasteiger charge is -2.10. The number of rotatable bonds is 8. The monoisotopic (exact) mass is 252 g/mol. The first-order valence-electron chi connectivity index (χ1n) is 6.63. The van der Waals surface area contributed by atoms with Gasteiger partial charge in [-0.25, -0.2) is 9.97 Å². The van der Waals surface area contributed by atoms with Crippen LogP contribution in [-0.2, 0) is 6.42 Å². The molecular formula is C13H24N4O. The molecule has 0 aliphatic heterocycles. The second-order valence-electron chi connectivity index (χ2n) is 4.70. The first-order chi connectivity index (χ1) is 8.65. The number of aryl methyl sites for hydroxylation is 1. The summed E-state index contributed by atoms with van der Waals surface area (Å²) in [6.07, 6.45) is 3.87. The highest BCUT2D eigenvalue weighted by Gasteiger charge is 2.03. The number of nitrogen functional groups attached to an aromatic ring is 1. The van der Waals surface area contributed by atoms with Crippen LogP contribution in [-0.4, -0.2) is 28.2 Å². The number of anilines is 2. The van der Waals surface area contributed by atoms with Crippen LogP contribution in [0, 0.1) is 5.92 Å². The normalized spacial score (nSPS) is 12.4. The predicted octanol–water partition coefficient (Wildman–Crippen LogP) is 1.83. The molecule has 1 atom stereocenters. The Bertz CT molecular complexity index is 357. The number of hydrogen-bond donors (Lipinski definition) is 3. The van der Waals surface area contributed by atoms with E-state index in [2.05, 4.69) is 22.2 Å². The number of nitrogens with zero attached hydrogens (tertiary/aromatic N) is 2. The summed E-state index contributed by atoms with van der Waals surface area (Å²) in [5.74, 6) is 2.46. The third-order valence-electron chi connectivity index (χ3n) is 2.76. The number of aliphatic hydroxyl groups excluding tert-OH is 1. The lowest BCUT2D eigenvalue weighted by molar-refractivity contribution is 0.229. The molecule has 0 amide bonds. The Kier molecular flexibility index (Phi) is 6.43. The second kappa shape index (κ2) is 7.87. The summed E-state index contributed by atoms with van der Waals surface area (Å²) in [6, 6.07) is 1.76. The van der Waals surface area contributed by atoms with E-state index < -0.39 is 0 Å². The first-order valence-corrected chi connectivity index (χ1v) is 6.63. The standard InChI is InChI=1S/C13H24N4O/c1-3-5-12-16-11(14)8-13(17-12)15-7-4-6-10(2)9-18/h8,10,18H,3-7,9H2,1-2H3,(H3,14,15,16,17). The van der Waals surface area contributed by atoms with Gasteiger partial charge in [0.05, 0.1) is 0 Å². The van der Waals surface area contributed by atoms with Crippen molar-refractivity contribution in [1.29, 1.82) is 0 Å². The van der Waals surface area contributed by atoms with Crippen LogP contribution in [0.5, 0.6) is 0 Å². The van der Waals surface area contributed by atoms with Crippen molar-refractivity contribution in [1.82, 2.24) is 9.97 Å². The molecule has 4 N–H and O–H groups in total. The van der Waals surface area contributed by atoms with E-state index in [0.29, 0.717) is 11.7 Å². The maximum Gasteiger partial charge on any atom is 0.133 e. The molecule has 0 bridgehead atoms. The van der Waals surface area contributed by atoms with E-state index in [-0.39, 0.29) is 6.61 Å². The molecule has 0 radical (unpaired) electrons. The Hall–Kier alpha value is -1.36. The fourth-order valence-electron chi connectivity index (χ4n) is 1.70. The molecule has 0 saturated heterocycles. The van der Waals surface area contributed by atoms with E-state index in [4.69, 9.17) is 10.8 Å². The number of aromatic nitrogens is 2. The van der Waals surface area contributed by atoms with Gasteiger partial charge in [-0.15, -0.1) is 0 Å². The van der Waals surface area contributed by atoms with Crippen LogP contribution in [0.15, 0.2) is 6.07 Å². The van der Waals surface area contributed by atoms with Gasteiger partial charge in [-0.3, -0.25) is 0 Å². The summed E-state index contributed by atoms with van der Waals surface area (Å²) in [5.41, 5.74) is 5.74. The van der Waals surface area contributed by atoms with Crippen LogP contribution in [0.2, 0.25) is 0 Å². The van der Waals surface area contributed by atoms with Crippen LogP contribution in [0.1, 0.15) is 38.9 Å². The van der Waals surface area contributed by atoms with Crippen LogP contribution in [0.3, 0.4) is 0 Å². The molecule has 1 aromatic rings. The number of nitrogens with one attached hydrogen (secondary N) is 1. The van der Waals surface area contributed by atoms with Gasteiger partial charge in [0.15, 0.2) is 0 Å². The van der Waals surface area contributed by atoms with Crippen molar-refractivity contribution in [2.45, 2.75) is 39.5 Å². The second-order valence-corrected chi connectivity index (χ2v) is 4.70. The molecule has 0 aliphatic carbocycles. The van der Waals surface area contributed by atoms with Crippen molar-refractivity contribution >= 4 is 11.6 Å². The average Bonchev–Trinajstić information content (AvgIpc) is 2.34. The molecule has 1 rings (SSSR count). The fourth-order valence-corrected chi connectivity index (χ4v) is 1.70. The van der Waals surface area contributed by atoms with Crippen LogP contribution < -0.4 is 11.1 Å². The van der Waals surface area contributed by atoms with Crippen LogP contribution in [0.25, 0.3) is 0 Å². The highest BCUT2D eigenvalue weighted by molar-refractivity contribution is 5.44. The largest absolute Gasteiger partial charge is 0.396 e. The number of nitrogens with two attached hydrogens (primary N) is 1. The van der Waals surface area contributed by atoms with Crippen LogP contribution in [0.4, 0.5) is 11.6 Å². The Morgan fingerprint density at radius 3 is 2.89 bits per heavy atom. The summed E-state index contributed by atoms with van der Waals surface area (Å²) in [5, 5.41) is 12.2. The third kappa shape index (κ3) is 5.31. The Morgan fingerprint density at radius 1 is 1.44 bits per heavy atom. The van der Waals surface area contributed by atoms with Gasteiger partial charge in [-0.1, -0.05) is 13.8 Å². The molecule has 5 heteroatoms. The maximum atomic E-state index is 8.93. The van der Waals surface area contributed by atoms with Gasteiger partial charge in [-0.2, -0.15) is 0 Å². The van der Waals surface area contributed by atoms with Crippen molar-refractivity contribution in [2.75, 3.05) is 24.2 Å². The Morgan fingerprint density at radius 2 is 2.22 bits per heavy atom. The Balaban J connectivity index is 2.41. The zero-order valence-electron chi connectivity index (χ0n) is 11.3. The molecular weight excluding hydrogens is 228 g/mol. The molecule has 18 heavy (non-hydrogen) atoms. The summed E-state index contributed by atoms with van der Waals surface area (Å²) in [4.78, 5) is 8.60. The molecule has 0 aromatic carbocycles. The summed E-state index contributed by atoms with van der Waals surface area (Å²) in [6.45, 7) is 5.23. The smallest absolute Gasteiger partial charge is 0.133 e. The summed E-state index contributed by atoms with van der Waals surface area (Å²) in [7, 11) is 0. The lowest BCUT2D eigenvalue weighted by Crippen LogP contribution is -2.09. The number of hydrogen-bond acceptors (Lipinski definition) is 5. The summed E-state index contributed by atoms with van der Waals surface area (Å²) >= 11 is 0. The third-order valence-corrected chi connectivity index (χ3v) is 2.76. The zero-order valence-corrected chi connectivity index (χ0v) is 11.3. The predicted molar refractivity (Wildman–Crippen MR) is 74.4 cm³/mol. The van der Waals surface area contributed by atoms with E-state index in [9.17, 15) is 0 Å². The minimum Gasteiger partial charge on any atom is -0.396 e. The molecule has 0 spiro atoms.